The van der Waals surface area contributed by atoms with E-state index in [1.54, 1.807) is 13.3 Å². The van der Waals surface area contributed by atoms with E-state index < -0.39 is 0 Å². The molecule has 2 aromatic carbocycles. The highest BCUT2D eigenvalue weighted by Gasteiger charge is 2.21. The first kappa shape index (κ1) is 21.3. The minimum Gasteiger partial charge on any atom is -0.497 e. The lowest BCUT2D eigenvalue weighted by atomic mass is 10.2. The molecule has 1 fully saturated rings. The number of pyridine rings is 1. The lowest BCUT2D eigenvalue weighted by molar-refractivity contribution is -0.128. The van der Waals surface area contributed by atoms with Crippen molar-refractivity contribution in [2.45, 2.75) is 5.03 Å². The second kappa shape index (κ2) is 9.54. The lowest BCUT2D eigenvalue weighted by Gasteiger charge is -2.36. The fourth-order valence-electron chi connectivity index (χ4n) is 3.93. The Morgan fingerprint density at radius 3 is 2.52 bits per heavy atom. The van der Waals surface area contributed by atoms with Crippen molar-refractivity contribution in [3.05, 3.63) is 66.9 Å². The number of imidazole rings is 1. The maximum atomic E-state index is 12.7. The van der Waals surface area contributed by atoms with Gasteiger partial charge in [-0.1, -0.05) is 23.9 Å². The van der Waals surface area contributed by atoms with E-state index in [0.717, 1.165) is 65.1 Å². The van der Waals surface area contributed by atoms with Crippen molar-refractivity contribution in [3.63, 3.8) is 0 Å². The maximum absolute atomic E-state index is 12.7. The summed E-state index contributed by atoms with van der Waals surface area (Å²) in [6.45, 7) is 3.11. The van der Waals surface area contributed by atoms with Crippen molar-refractivity contribution in [2.75, 3.05) is 43.9 Å². The molecular weight excluding hydrogens is 434 g/mol. The maximum Gasteiger partial charge on any atom is 0.233 e. The number of carbonyl (C=O) groups excluding carboxylic acids is 1. The number of piperazine rings is 1. The van der Waals surface area contributed by atoms with E-state index in [0.29, 0.717) is 5.75 Å². The van der Waals surface area contributed by atoms with Gasteiger partial charge in [0.1, 0.15) is 11.6 Å². The number of aromatic nitrogens is 3. The summed E-state index contributed by atoms with van der Waals surface area (Å²) in [5, 5.41) is 0.833. The van der Waals surface area contributed by atoms with Crippen LogP contribution < -0.4 is 9.64 Å². The SMILES string of the molecule is COc1ccc(N2CCN(C(=O)CSc3ccc(-c4nc5ccccc5[nH]4)cn3)CC2)cc1. The summed E-state index contributed by atoms with van der Waals surface area (Å²) in [4.78, 5) is 29.4. The smallest absolute Gasteiger partial charge is 0.233 e. The second-order valence-corrected chi connectivity index (χ2v) is 8.84. The number of rotatable bonds is 6. The summed E-state index contributed by atoms with van der Waals surface area (Å²) in [5.74, 6) is 2.19. The molecule has 1 aliphatic heterocycles. The molecule has 1 saturated heterocycles. The third kappa shape index (κ3) is 4.80. The first-order valence-electron chi connectivity index (χ1n) is 10.9. The van der Waals surface area contributed by atoms with E-state index in [-0.39, 0.29) is 5.91 Å². The number of nitrogens with one attached hydrogen (secondary N) is 1. The summed E-state index contributed by atoms with van der Waals surface area (Å²) in [6, 6.07) is 19.9. The Labute approximate surface area is 196 Å². The van der Waals surface area contributed by atoms with Gasteiger partial charge in [0.15, 0.2) is 0 Å². The van der Waals surface area contributed by atoms with Crippen molar-refractivity contribution < 1.29 is 9.53 Å². The Hall–Kier alpha value is -3.52. The zero-order valence-corrected chi connectivity index (χ0v) is 19.2. The van der Waals surface area contributed by atoms with Gasteiger partial charge in [-0.2, -0.15) is 0 Å². The molecule has 168 valence electrons. The molecule has 1 amide bonds. The van der Waals surface area contributed by atoms with Crippen LogP contribution in [0.15, 0.2) is 71.9 Å². The summed E-state index contributed by atoms with van der Waals surface area (Å²) < 4.78 is 5.23. The number of benzene rings is 2. The number of amides is 1. The van der Waals surface area contributed by atoms with Gasteiger partial charge in [-0.15, -0.1) is 0 Å². The van der Waals surface area contributed by atoms with E-state index in [4.69, 9.17) is 4.74 Å². The molecule has 0 spiro atoms. The number of ether oxygens (including phenoxy) is 1. The molecular formula is C25H25N5O2S. The van der Waals surface area contributed by atoms with Crippen LogP contribution >= 0.6 is 11.8 Å². The highest BCUT2D eigenvalue weighted by atomic mass is 32.2. The van der Waals surface area contributed by atoms with Crippen molar-refractivity contribution in [2.24, 2.45) is 0 Å². The number of thioether (sulfide) groups is 1. The minimum atomic E-state index is 0.151. The molecule has 0 radical (unpaired) electrons. The number of para-hydroxylation sites is 2. The Morgan fingerprint density at radius 1 is 1.03 bits per heavy atom. The quantitative estimate of drug-likeness (QED) is 0.438. The molecule has 8 heteroatoms. The number of nitrogens with zero attached hydrogens (tertiary/aromatic N) is 4. The number of anilines is 1. The van der Waals surface area contributed by atoms with Crippen LogP contribution in [0.1, 0.15) is 0 Å². The number of fused-ring (bicyclic) bond motifs is 1. The molecule has 33 heavy (non-hydrogen) atoms. The van der Waals surface area contributed by atoms with Crippen LogP contribution in [0.2, 0.25) is 0 Å². The highest BCUT2D eigenvalue weighted by Crippen LogP contribution is 2.24. The van der Waals surface area contributed by atoms with Gasteiger partial charge in [0, 0.05) is 43.6 Å². The average Bonchev–Trinajstić information content (AvgIpc) is 3.32. The molecule has 3 heterocycles. The van der Waals surface area contributed by atoms with Crippen molar-refractivity contribution in [3.8, 4) is 17.1 Å². The standard InChI is InChI=1S/C25H25N5O2S/c1-32-20-9-7-19(8-10-20)29-12-14-30(15-13-29)24(31)17-33-23-11-6-18(16-26-23)25-27-21-4-2-3-5-22(21)28-25/h2-11,16H,12-15,17H2,1H3,(H,27,28). The molecule has 0 aliphatic carbocycles. The second-order valence-electron chi connectivity index (χ2n) is 7.84. The van der Waals surface area contributed by atoms with E-state index in [2.05, 4.69) is 32.0 Å². The molecule has 1 N–H and O–H groups in total. The van der Waals surface area contributed by atoms with Crippen LogP contribution in [0.5, 0.6) is 5.75 Å². The van der Waals surface area contributed by atoms with E-state index >= 15 is 0 Å². The largest absolute Gasteiger partial charge is 0.497 e. The minimum absolute atomic E-state index is 0.151. The van der Waals surface area contributed by atoms with E-state index in [1.165, 1.54) is 11.8 Å². The van der Waals surface area contributed by atoms with Crippen molar-refractivity contribution >= 4 is 34.4 Å². The molecule has 4 aromatic rings. The zero-order chi connectivity index (χ0) is 22.6. The van der Waals surface area contributed by atoms with Crippen LogP contribution in [0.25, 0.3) is 22.4 Å². The Bertz CT molecular complexity index is 1200. The monoisotopic (exact) mass is 459 g/mol. The molecule has 5 rings (SSSR count). The van der Waals surface area contributed by atoms with E-state index in [1.807, 2.05) is 53.4 Å². The van der Waals surface area contributed by atoms with Gasteiger partial charge in [0.25, 0.3) is 0 Å². The van der Waals surface area contributed by atoms with Gasteiger partial charge in [-0.3, -0.25) is 4.79 Å². The van der Waals surface area contributed by atoms with Crippen LogP contribution in [0, 0.1) is 0 Å². The first-order valence-corrected chi connectivity index (χ1v) is 11.9. The molecule has 7 nitrogen and oxygen atoms in total. The van der Waals surface area contributed by atoms with Gasteiger partial charge < -0.3 is 19.5 Å². The van der Waals surface area contributed by atoms with Crippen molar-refractivity contribution in [1.29, 1.82) is 0 Å². The number of carbonyl (C=O) groups is 1. The third-order valence-corrected chi connectivity index (χ3v) is 6.74. The Kier molecular flexibility index (Phi) is 6.17. The van der Waals surface area contributed by atoms with Gasteiger partial charge in [0.2, 0.25) is 5.91 Å². The number of hydrogen-bond donors (Lipinski definition) is 1. The van der Waals surface area contributed by atoms with E-state index in [9.17, 15) is 4.79 Å². The predicted molar refractivity (Wildman–Crippen MR) is 132 cm³/mol. The first-order chi connectivity index (χ1) is 16.2. The topological polar surface area (TPSA) is 74.3 Å². The zero-order valence-electron chi connectivity index (χ0n) is 18.4. The molecule has 0 saturated carbocycles. The number of hydrogen-bond acceptors (Lipinski definition) is 6. The van der Waals surface area contributed by atoms with Gasteiger partial charge in [0.05, 0.1) is 28.9 Å². The number of methoxy groups -OCH3 is 1. The predicted octanol–water partition coefficient (Wildman–Crippen LogP) is 4.07. The fourth-order valence-corrected chi connectivity index (χ4v) is 4.67. The number of aromatic amines is 1. The molecule has 1 aliphatic rings. The van der Waals surface area contributed by atoms with Crippen molar-refractivity contribution in [1.82, 2.24) is 19.9 Å². The van der Waals surface area contributed by atoms with Gasteiger partial charge in [-0.25, -0.2) is 9.97 Å². The molecule has 0 unspecified atom stereocenters. The Balaban J connectivity index is 1.13. The summed E-state index contributed by atoms with van der Waals surface area (Å²) >= 11 is 1.47. The van der Waals surface area contributed by atoms with Gasteiger partial charge in [-0.05, 0) is 48.5 Å². The molecule has 2 aromatic heterocycles. The van der Waals surface area contributed by atoms with Crippen LogP contribution in [0.3, 0.4) is 0 Å². The summed E-state index contributed by atoms with van der Waals surface area (Å²) in [7, 11) is 1.67. The summed E-state index contributed by atoms with van der Waals surface area (Å²) in [5.41, 5.74) is 4.02. The van der Waals surface area contributed by atoms with Crippen LogP contribution in [-0.4, -0.2) is 64.8 Å². The number of H-pyrrole nitrogens is 1. The fraction of sp³-hybridized carbons (Fsp3) is 0.240. The van der Waals surface area contributed by atoms with Crippen LogP contribution in [-0.2, 0) is 4.79 Å². The van der Waals surface area contributed by atoms with Gasteiger partial charge >= 0.3 is 0 Å². The Morgan fingerprint density at radius 2 is 1.82 bits per heavy atom. The average molecular weight is 460 g/mol. The normalized spacial score (nSPS) is 14.0. The third-order valence-electron chi connectivity index (χ3n) is 5.81. The molecule has 0 atom stereocenters. The highest BCUT2D eigenvalue weighted by molar-refractivity contribution is 7.99. The summed E-state index contributed by atoms with van der Waals surface area (Å²) in [6.07, 6.45) is 1.80. The van der Waals surface area contributed by atoms with Crippen LogP contribution in [0.4, 0.5) is 5.69 Å². The lowest BCUT2D eigenvalue weighted by Crippen LogP contribution is -2.49. The molecule has 0 bridgehead atoms.